The van der Waals surface area contributed by atoms with E-state index in [-0.39, 0.29) is 15.8 Å². The van der Waals surface area contributed by atoms with Crippen molar-refractivity contribution in [3.8, 4) is 5.75 Å². The SMILES string of the molecule is CCCCCCCOC(=O)c1ccc(S(N)(=O)=O)cc1.CCCCNS(=O)(=O)c1ccc(C)cc1.CCCNS(=O)(=O)c1ccccc1C.COc1ccccc1S(=O)(=O)Nc1ccccc1.Cc1ccccc1S(=O)(=O)NC(C)C. The first-order valence-electron chi connectivity index (χ1n) is 26.4. The highest BCUT2D eigenvalue weighted by molar-refractivity contribution is 7.93. The first kappa shape index (κ1) is 71.1. The third-order valence-electron chi connectivity index (χ3n) is 11.1. The third-order valence-corrected chi connectivity index (χ3v) is 18.4. The van der Waals surface area contributed by atoms with Crippen molar-refractivity contribution in [3.63, 3.8) is 0 Å². The fourth-order valence-electron chi connectivity index (χ4n) is 6.88. The molecule has 0 amide bonds. The fraction of sp³-hybridized carbons (Fsp3) is 0.362. The van der Waals surface area contributed by atoms with Crippen LogP contribution in [0.4, 0.5) is 5.69 Å². The monoisotopic (exact) mass is 1220 g/mol. The largest absolute Gasteiger partial charge is 0.495 e. The summed E-state index contributed by atoms with van der Waals surface area (Å²) >= 11 is 0. The average Bonchev–Trinajstić information content (AvgIpc) is 3.42. The molecule has 0 spiro atoms. The number of anilines is 1. The van der Waals surface area contributed by atoms with Crippen LogP contribution in [-0.4, -0.2) is 80.9 Å². The number of methoxy groups -OCH3 is 1. The van der Waals surface area contributed by atoms with Gasteiger partial charge in [0.15, 0.2) is 0 Å². The zero-order valence-electron chi connectivity index (χ0n) is 47.7. The molecule has 0 unspecified atom stereocenters. The van der Waals surface area contributed by atoms with Crippen molar-refractivity contribution in [2.24, 2.45) is 5.14 Å². The van der Waals surface area contributed by atoms with E-state index in [4.69, 9.17) is 14.6 Å². The summed E-state index contributed by atoms with van der Waals surface area (Å²) in [4.78, 5) is 12.9. The van der Waals surface area contributed by atoms with Crippen LogP contribution in [0, 0.1) is 20.8 Å². The Bertz CT molecular complexity index is 3400. The Hall–Kier alpha value is -6.02. The summed E-state index contributed by atoms with van der Waals surface area (Å²) in [5.41, 5.74) is 3.44. The van der Waals surface area contributed by atoms with E-state index in [1.54, 1.807) is 131 Å². The molecule has 0 fully saturated rings. The molecule has 0 saturated carbocycles. The Kier molecular flexibility index (Phi) is 31.4. The summed E-state index contributed by atoms with van der Waals surface area (Å²) < 4.78 is 137. The van der Waals surface area contributed by atoms with E-state index in [2.05, 4.69) is 25.8 Å². The van der Waals surface area contributed by atoms with Crippen molar-refractivity contribution in [1.29, 1.82) is 0 Å². The molecule has 0 radical (unpaired) electrons. The van der Waals surface area contributed by atoms with Gasteiger partial charge < -0.3 is 9.47 Å². The van der Waals surface area contributed by atoms with Gasteiger partial charge in [0.1, 0.15) is 10.6 Å². The highest BCUT2D eigenvalue weighted by atomic mass is 32.2. The summed E-state index contributed by atoms with van der Waals surface area (Å²) in [7, 11) is -15.9. The molecule has 23 heteroatoms. The maximum absolute atomic E-state index is 12.2. The van der Waals surface area contributed by atoms with Gasteiger partial charge in [0.2, 0.25) is 40.1 Å². The van der Waals surface area contributed by atoms with Gasteiger partial charge >= 0.3 is 5.97 Å². The number of ether oxygens (including phenoxy) is 2. The number of carbonyl (C=O) groups is 1. The molecule has 6 aromatic rings. The molecular weight excluding hydrogens is 1130 g/mol. The summed E-state index contributed by atoms with van der Waals surface area (Å²) in [5.74, 6) is -0.123. The number of nitrogens with one attached hydrogen (secondary N) is 4. The Morgan fingerprint density at radius 2 is 0.975 bits per heavy atom. The number of esters is 1. The van der Waals surface area contributed by atoms with Gasteiger partial charge in [-0.05, 0) is 138 Å². The number of aryl methyl sites for hydroxylation is 3. The van der Waals surface area contributed by atoms with Gasteiger partial charge in [-0.3, -0.25) is 4.72 Å². The molecule has 0 aliphatic rings. The number of unbranched alkanes of at least 4 members (excludes halogenated alkanes) is 5. The fourth-order valence-corrected chi connectivity index (χ4v) is 12.6. The normalized spacial score (nSPS) is 11.4. The number of nitrogens with two attached hydrogens (primary N) is 1. The van der Waals surface area contributed by atoms with Crippen LogP contribution in [0.1, 0.15) is 113 Å². The summed E-state index contributed by atoms with van der Waals surface area (Å²) in [6, 6.07) is 41.3. The molecule has 0 aliphatic carbocycles. The first-order chi connectivity index (χ1) is 38.1. The lowest BCUT2D eigenvalue weighted by Gasteiger charge is -2.11. The van der Waals surface area contributed by atoms with Crippen LogP contribution in [0.2, 0.25) is 0 Å². The maximum atomic E-state index is 12.2. The number of primary sulfonamides is 1. The molecular formula is C58H81N5O13S5. The third kappa shape index (κ3) is 26.6. The molecule has 6 rings (SSSR count). The quantitative estimate of drug-likeness (QED) is 0.0279. The second-order valence-electron chi connectivity index (χ2n) is 18.5. The van der Waals surface area contributed by atoms with E-state index in [9.17, 15) is 46.9 Å². The van der Waals surface area contributed by atoms with Gasteiger partial charge in [-0.2, -0.15) is 0 Å². The molecule has 18 nitrogen and oxygen atoms in total. The van der Waals surface area contributed by atoms with Gasteiger partial charge in [-0.15, -0.1) is 0 Å². The van der Waals surface area contributed by atoms with E-state index in [1.165, 1.54) is 50.3 Å². The summed E-state index contributed by atoms with van der Waals surface area (Å²) in [6.45, 7) is 16.6. The molecule has 81 heavy (non-hydrogen) atoms. The second kappa shape index (κ2) is 35.8. The first-order valence-corrected chi connectivity index (χ1v) is 33.8. The van der Waals surface area contributed by atoms with Crippen molar-refractivity contribution >= 4 is 61.8 Å². The summed E-state index contributed by atoms with van der Waals surface area (Å²) in [5, 5.41) is 4.98. The van der Waals surface area contributed by atoms with E-state index in [1.807, 2.05) is 39.0 Å². The maximum Gasteiger partial charge on any atom is 0.338 e. The number of sulfonamides is 5. The molecule has 0 saturated heterocycles. The lowest BCUT2D eigenvalue weighted by atomic mass is 10.2. The van der Waals surface area contributed by atoms with Crippen LogP contribution in [0.5, 0.6) is 5.75 Å². The standard InChI is InChI=1S/C14H21NO4S.C13H13NO3S.C11H17NO2S.2C10H15NO2S/c1-2-3-4-5-6-11-19-14(16)12-7-9-13(10-8-12)20(15,17)18;1-17-12-9-5-6-10-13(12)18(15,16)14-11-7-3-2-4-8-11;1-3-4-9-12-15(13,14)11-7-5-10(2)6-8-11;1-8(2)11-14(12,13)10-7-5-4-6-9(10)3;1-3-8-11-14(12,13)10-7-5-4-6-9(10)2/h7-10H,2-6,11H2,1H3,(H2,15,17,18);2-10,14H,1H3;5-8,12H,3-4,9H2,1-2H3;4-8,11H,1-3H3;4-7,11H,3,8H2,1-2H3. The Labute approximate surface area is 483 Å². The lowest BCUT2D eigenvalue weighted by Crippen LogP contribution is -2.30. The van der Waals surface area contributed by atoms with Crippen LogP contribution < -0.4 is 28.8 Å². The van der Waals surface area contributed by atoms with E-state index < -0.39 is 56.1 Å². The van der Waals surface area contributed by atoms with Crippen molar-refractivity contribution < 1.29 is 56.4 Å². The number of rotatable bonds is 24. The highest BCUT2D eigenvalue weighted by Crippen LogP contribution is 2.25. The van der Waals surface area contributed by atoms with Crippen LogP contribution in [0.3, 0.4) is 0 Å². The Morgan fingerprint density at radius 1 is 0.494 bits per heavy atom. The minimum atomic E-state index is -3.73. The van der Waals surface area contributed by atoms with Gasteiger partial charge in [-0.1, -0.05) is 137 Å². The van der Waals surface area contributed by atoms with Crippen molar-refractivity contribution in [2.75, 3.05) is 31.5 Å². The van der Waals surface area contributed by atoms with E-state index >= 15 is 0 Å². The molecule has 0 bridgehead atoms. The van der Waals surface area contributed by atoms with Crippen LogP contribution in [0.15, 0.2) is 176 Å². The Morgan fingerprint density at radius 3 is 1.48 bits per heavy atom. The second-order valence-corrected chi connectivity index (χ2v) is 26.9. The zero-order chi connectivity index (χ0) is 60.7. The number of para-hydroxylation sites is 2. The lowest BCUT2D eigenvalue weighted by molar-refractivity contribution is 0.0497. The van der Waals surface area contributed by atoms with Gasteiger partial charge in [-0.25, -0.2) is 66.2 Å². The van der Waals surface area contributed by atoms with Gasteiger partial charge in [0, 0.05) is 24.8 Å². The molecule has 0 aromatic heterocycles. The highest BCUT2D eigenvalue weighted by Gasteiger charge is 2.20. The van der Waals surface area contributed by atoms with E-state index in [0.717, 1.165) is 55.2 Å². The smallest absolute Gasteiger partial charge is 0.338 e. The Balaban J connectivity index is 0.000000348. The van der Waals surface area contributed by atoms with Crippen molar-refractivity contribution in [2.45, 2.75) is 137 Å². The van der Waals surface area contributed by atoms with Crippen LogP contribution >= 0.6 is 0 Å². The van der Waals surface area contributed by atoms with Crippen LogP contribution in [-0.2, 0) is 54.9 Å². The van der Waals surface area contributed by atoms with Gasteiger partial charge in [0.05, 0.1) is 38.9 Å². The molecule has 6 aromatic carbocycles. The van der Waals surface area contributed by atoms with E-state index in [0.29, 0.717) is 51.4 Å². The van der Waals surface area contributed by atoms with Crippen LogP contribution in [0.25, 0.3) is 0 Å². The number of carbonyl (C=O) groups excluding carboxylic acids is 1. The number of hydrogen-bond acceptors (Lipinski definition) is 13. The minimum absolute atomic E-state index is 0.0198. The molecule has 0 heterocycles. The molecule has 0 aliphatic heterocycles. The topological polar surface area (TPSA) is 280 Å². The van der Waals surface area contributed by atoms with Gasteiger partial charge in [0.25, 0.3) is 10.0 Å². The zero-order valence-corrected chi connectivity index (χ0v) is 51.8. The van der Waals surface area contributed by atoms with Crippen molar-refractivity contribution in [1.82, 2.24) is 14.2 Å². The molecule has 446 valence electrons. The van der Waals surface area contributed by atoms with Crippen molar-refractivity contribution in [3.05, 3.63) is 174 Å². The molecule has 6 N–H and O–H groups in total. The number of benzene rings is 6. The average molecular weight is 1220 g/mol. The summed E-state index contributed by atoms with van der Waals surface area (Å²) in [6.07, 6.45) is 8.06. The predicted octanol–water partition coefficient (Wildman–Crippen LogP) is 10.4. The minimum Gasteiger partial charge on any atom is -0.495 e. The predicted molar refractivity (Wildman–Crippen MR) is 322 cm³/mol. The molecule has 0 atom stereocenters. The number of hydrogen-bond donors (Lipinski definition) is 5.